The number of hydrogen-bond acceptors (Lipinski definition) is 5. The zero-order valence-electron chi connectivity index (χ0n) is 17.2. The highest BCUT2D eigenvalue weighted by Gasteiger charge is 2.22. The monoisotopic (exact) mass is 402 g/mol. The van der Waals surface area contributed by atoms with Crippen LogP contribution in [0.1, 0.15) is 38.2 Å². The van der Waals surface area contributed by atoms with Crippen molar-refractivity contribution < 1.29 is 0 Å². The quantitative estimate of drug-likeness (QED) is 0.391. The summed E-state index contributed by atoms with van der Waals surface area (Å²) in [7, 11) is 0. The van der Waals surface area contributed by atoms with Crippen molar-refractivity contribution in [3.05, 3.63) is 52.6 Å². The highest BCUT2D eigenvalue weighted by molar-refractivity contribution is 5.99. The van der Waals surface area contributed by atoms with E-state index in [2.05, 4.69) is 45.7 Å². The number of aromatic amines is 2. The van der Waals surface area contributed by atoms with Crippen LogP contribution >= 0.6 is 0 Å². The number of pyridine rings is 1. The Morgan fingerprint density at radius 1 is 1.20 bits per heavy atom. The van der Waals surface area contributed by atoms with Gasteiger partial charge in [-0.25, -0.2) is 10.1 Å². The standard InChI is InChI=1S/C23H26N6O/c1-13-6-3-4-8-17(13)26-19-10-15-12-25-29-23(30)20(15)22(28-19)27-18-9-5-7-16-14(2)11-24-21(16)18/h5,7,9-13,17,24H,3-4,6,8H2,1-2H3,(H,29,30)(H2,26,27,28). The van der Waals surface area contributed by atoms with E-state index in [1.54, 1.807) is 6.20 Å². The van der Waals surface area contributed by atoms with E-state index in [-0.39, 0.29) is 5.56 Å². The largest absolute Gasteiger partial charge is 0.367 e. The highest BCUT2D eigenvalue weighted by Crippen LogP contribution is 2.31. The van der Waals surface area contributed by atoms with Crippen molar-refractivity contribution in [1.29, 1.82) is 0 Å². The van der Waals surface area contributed by atoms with Crippen LogP contribution in [0.25, 0.3) is 21.7 Å². The van der Waals surface area contributed by atoms with E-state index in [0.717, 1.165) is 34.2 Å². The second-order valence-corrected chi connectivity index (χ2v) is 8.36. The number of hydrogen-bond donors (Lipinski definition) is 4. The number of fused-ring (bicyclic) bond motifs is 2. The number of para-hydroxylation sites is 1. The van der Waals surface area contributed by atoms with Crippen LogP contribution in [-0.2, 0) is 0 Å². The maximum Gasteiger partial charge on any atom is 0.275 e. The number of anilines is 3. The maximum absolute atomic E-state index is 12.6. The first-order valence-electron chi connectivity index (χ1n) is 10.6. The fraction of sp³-hybridized carbons (Fsp3) is 0.348. The van der Waals surface area contributed by atoms with Gasteiger partial charge in [0.05, 0.1) is 22.8 Å². The molecular formula is C23H26N6O. The Kier molecular flexibility index (Phi) is 4.65. The molecule has 4 N–H and O–H groups in total. The molecular weight excluding hydrogens is 376 g/mol. The van der Waals surface area contributed by atoms with Crippen LogP contribution in [-0.4, -0.2) is 26.2 Å². The van der Waals surface area contributed by atoms with Crippen LogP contribution in [0.15, 0.2) is 41.5 Å². The Balaban J connectivity index is 1.59. The normalized spacial score (nSPS) is 19.3. The van der Waals surface area contributed by atoms with Gasteiger partial charge in [-0.1, -0.05) is 31.9 Å². The Morgan fingerprint density at radius 3 is 2.93 bits per heavy atom. The summed E-state index contributed by atoms with van der Waals surface area (Å²) >= 11 is 0. The molecule has 0 saturated heterocycles. The molecule has 3 heterocycles. The average molecular weight is 403 g/mol. The molecule has 5 rings (SSSR count). The van der Waals surface area contributed by atoms with Crippen molar-refractivity contribution in [3.63, 3.8) is 0 Å². The molecule has 1 saturated carbocycles. The Bertz CT molecular complexity index is 1270. The van der Waals surface area contributed by atoms with Crippen LogP contribution in [0.5, 0.6) is 0 Å². The summed E-state index contributed by atoms with van der Waals surface area (Å²) < 4.78 is 0. The summed E-state index contributed by atoms with van der Waals surface area (Å²) in [5, 5.41) is 16.0. The SMILES string of the molecule is Cc1c[nH]c2c(Nc3nc(NC4CCCCC4C)cc4cn[nH]c(=O)c34)cccc12. The Morgan fingerprint density at radius 2 is 2.07 bits per heavy atom. The predicted molar refractivity (Wildman–Crippen MR) is 122 cm³/mol. The minimum absolute atomic E-state index is 0.255. The lowest BCUT2D eigenvalue weighted by molar-refractivity contribution is 0.349. The molecule has 0 aliphatic heterocycles. The first kappa shape index (κ1) is 18.7. The second-order valence-electron chi connectivity index (χ2n) is 8.36. The second kappa shape index (κ2) is 7.48. The molecule has 7 nitrogen and oxygen atoms in total. The van der Waals surface area contributed by atoms with Gasteiger partial charge in [0.25, 0.3) is 5.56 Å². The lowest BCUT2D eigenvalue weighted by Gasteiger charge is -2.30. The molecule has 0 radical (unpaired) electrons. The zero-order chi connectivity index (χ0) is 20.7. The molecule has 3 aromatic heterocycles. The summed E-state index contributed by atoms with van der Waals surface area (Å²) in [6, 6.07) is 8.39. The van der Waals surface area contributed by atoms with Gasteiger partial charge in [0, 0.05) is 23.0 Å². The number of nitrogens with one attached hydrogen (secondary N) is 4. The Hall–Kier alpha value is -3.35. The van der Waals surface area contributed by atoms with E-state index in [0.29, 0.717) is 23.2 Å². The van der Waals surface area contributed by atoms with E-state index < -0.39 is 0 Å². The third-order valence-electron chi connectivity index (χ3n) is 6.27. The van der Waals surface area contributed by atoms with Gasteiger partial charge in [-0.3, -0.25) is 4.79 Å². The van der Waals surface area contributed by atoms with Gasteiger partial charge < -0.3 is 15.6 Å². The van der Waals surface area contributed by atoms with Crippen LogP contribution < -0.4 is 16.2 Å². The average Bonchev–Trinajstić information content (AvgIpc) is 3.12. The number of benzene rings is 1. The van der Waals surface area contributed by atoms with E-state index in [9.17, 15) is 4.79 Å². The molecule has 1 fully saturated rings. The number of nitrogens with zero attached hydrogens (tertiary/aromatic N) is 2. The van der Waals surface area contributed by atoms with Crippen LogP contribution in [0.4, 0.5) is 17.3 Å². The molecule has 1 aliphatic rings. The van der Waals surface area contributed by atoms with Crippen molar-refractivity contribution in [2.75, 3.05) is 10.6 Å². The van der Waals surface area contributed by atoms with Crippen molar-refractivity contribution in [2.45, 2.75) is 45.6 Å². The minimum atomic E-state index is -0.255. The summed E-state index contributed by atoms with van der Waals surface area (Å²) in [5.74, 6) is 1.90. The molecule has 2 unspecified atom stereocenters. The number of rotatable bonds is 4. The van der Waals surface area contributed by atoms with Gasteiger partial charge in [0.15, 0.2) is 0 Å². The van der Waals surface area contributed by atoms with Crippen molar-refractivity contribution in [1.82, 2.24) is 20.2 Å². The van der Waals surface area contributed by atoms with Gasteiger partial charge in [0.2, 0.25) is 0 Å². The topological polar surface area (TPSA) is 98.5 Å². The number of H-pyrrole nitrogens is 2. The van der Waals surface area contributed by atoms with Crippen molar-refractivity contribution in [3.8, 4) is 0 Å². The summed E-state index contributed by atoms with van der Waals surface area (Å²) in [6.45, 7) is 4.36. The lowest BCUT2D eigenvalue weighted by atomic mass is 9.86. The summed E-state index contributed by atoms with van der Waals surface area (Å²) in [5.41, 5.74) is 2.80. The van der Waals surface area contributed by atoms with Gasteiger partial charge in [0.1, 0.15) is 11.6 Å². The number of aromatic nitrogens is 4. The third kappa shape index (κ3) is 3.30. The minimum Gasteiger partial charge on any atom is -0.367 e. The van der Waals surface area contributed by atoms with Crippen LogP contribution in [0.2, 0.25) is 0 Å². The molecule has 154 valence electrons. The molecule has 0 spiro atoms. The van der Waals surface area contributed by atoms with Gasteiger partial charge in [-0.15, -0.1) is 0 Å². The van der Waals surface area contributed by atoms with E-state index in [1.165, 1.54) is 24.8 Å². The smallest absolute Gasteiger partial charge is 0.275 e. The molecule has 0 amide bonds. The molecule has 2 atom stereocenters. The highest BCUT2D eigenvalue weighted by atomic mass is 16.1. The zero-order valence-corrected chi connectivity index (χ0v) is 17.2. The molecule has 4 aromatic rings. The molecule has 30 heavy (non-hydrogen) atoms. The van der Waals surface area contributed by atoms with Crippen molar-refractivity contribution >= 4 is 39.0 Å². The van der Waals surface area contributed by atoms with Crippen LogP contribution in [0, 0.1) is 12.8 Å². The predicted octanol–water partition coefficient (Wildman–Crippen LogP) is 4.84. The Labute approximate surface area is 174 Å². The summed E-state index contributed by atoms with van der Waals surface area (Å²) in [4.78, 5) is 20.7. The van der Waals surface area contributed by atoms with Gasteiger partial charge in [-0.2, -0.15) is 5.10 Å². The molecule has 1 aromatic carbocycles. The fourth-order valence-electron chi connectivity index (χ4n) is 4.53. The molecule has 1 aliphatic carbocycles. The van der Waals surface area contributed by atoms with E-state index >= 15 is 0 Å². The van der Waals surface area contributed by atoms with E-state index in [1.807, 2.05) is 24.4 Å². The first-order chi connectivity index (χ1) is 14.6. The van der Waals surface area contributed by atoms with E-state index in [4.69, 9.17) is 4.98 Å². The summed E-state index contributed by atoms with van der Waals surface area (Å²) in [6.07, 6.45) is 8.55. The molecule has 0 bridgehead atoms. The van der Waals surface area contributed by atoms with Crippen LogP contribution in [0.3, 0.4) is 0 Å². The fourth-order valence-corrected chi connectivity index (χ4v) is 4.53. The third-order valence-corrected chi connectivity index (χ3v) is 6.27. The van der Waals surface area contributed by atoms with Crippen molar-refractivity contribution in [2.24, 2.45) is 5.92 Å². The first-order valence-corrected chi connectivity index (χ1v) is 10.6. The number of aryl methyl sites for hydroxylation is 1. The van der Waals surface area contributed by atoms with Gasteiger partial charge in [-0.05, 0) is 43.4 Å². The maximum atomic E-state index is 12.6. The van der Waals surface area contributed by atoms with Gasteiger partial charge >= 0.3 is 0 Å². The molecule has 7 heteroatoms. The lowest BCUT2D eigenvalue weighted by Crippen LogP contribution is -2.30.